The first kappa shape index (κ1) is 15.2. The Labute approximate surface area is 147 Å². The maximum absolute atomic E-state index is 3.57. The summed E-state index contributed by atoms with van der Waals surface area (Å²) < 4.78 is 0. The number of H-pyrrole nitrogens is 1. The molecule has 4 aromatic rings. The lowest BCUT2D eigenvalue weighted by Crippen LogP contribution is -2.02. The number of para-hydroxylation sites is 1. The molecule has 0 amide bonds. The van der Waals surface area contributed by atoms with Gasteiger partial charge in [-0.15, -0.1) is 11.3 Å². The molecule has 0 saturated carbocycles. The van der Waals surface area contributed by atoms with Crippen molar-refractivity contribution in [3.05, 3.63) is 93.3 Å². The number of thiophene rings is 1. The van der Waals surface area contributed by atoms with E-state index in [1.807, 2.05) is 11.3 Å². The number of aromatic nitrogens is 1. The lowest BCUT2D eigenvalue weighted by Gasteiger charge is -2.17. The number of rotatable bonds is 4. The van der Waals surface area contributed by atoms with Crippen molar-refractivity contribution in [1.82, 2.24) is 4.98 Å². The third kappa shape index (κ3) is 2.57. The predicted molar refractivity (Wildman–Crippen MR) is 104 cm³/mol. The normalized spacial score (nSPS) is 12.6. The highest BCUT2D eigenvalue weighted by Crippen LogP contribution is 2.40. The minimum Gasteiger partial charge on any atom is -0.358 e. The molecule has 0 aliphatic heterocycles. The SMILES string of the molecule is CCc1ccc([C@@H](c2ccccc2)c2c(C)[nH]c3ccccc23)s1. The molecule has 120 valence electrons. The first-order valence-corrected chi connectivity index (χ1v) is 9.30. The predicted octanol–water partition coefficient (Wildman–Crippen LogP) is 6.28. The van der Waals surface area contributed by atoms with Gasteiger partial charge in [0.05, 0.1) is 0 Å². The first-order chi connectivity index (χ1) is 11.8. The third-order valence-electron chi connectivity index (χ3n) is 4.68. The average molecular weight is 331 g/mol. The van der Waals surface area contributed by atoms with Crippen molar-refractivity contribution in [2.75, 3.05) is 0 Å². The Morgan fingerprint density at radius 1 is 0.917 bits per heavy atom. The number of fused-ring (bicyclic) bond motifs is 1. The van der Waals surface area contributed by atoms with E-state index in [2.05, 4.69) is 85.6 Å². The van der Waals surface area contributed by atoms with Gasteiger partial charge in [0.25, 0.3) is 0 Å². The number of hydrogen-bond donors (Lipinski definition) is 1. The van der Waals surface area contributed by atoms with Gasteiger partial charge in [0.2, 0.25) is 0 Å². The Balaban J connectivity index is 1.97. The summed E-state index contributed by atoms with van der Waals surface area (Å²) in [5.41, 5.74) is 5.24. The van der Waals surface area contributed by atoms with Gasteiger partial charge in [-0.1, -0.05) is 55.5 Å². The van der Waals surface area contributed by atoms with E-state index in [1.54, 1.807) is 0 Å². The fourth-order valence-electron chi connectivity index (χ4n) is 3.53. The first-order valence-electron chi connectivity index (χ1n) is 8.48. The van der Waals surface area contributed by atoms with Crippen LogP contribution >= 0.6 is 11.3 Å². The second kappa shape index (κ2) is 6.29. The zero-order valence-corrected chi connectivity index (χ0v) is 14.9. The van der Waals surface area contributed by atoms with Gasteiger partial charge in [-0.25, -0.2) is 0 Å². The van der Waals surface area contributed by atoms with Gasteiger partial charge in [-0.05, 0) is 42.7 Å². The zero-order valence-electron chi connectivity index (χ0n) is 14.0. The van der Waals surface area contributed by atoms with Crippen LogP contribution in [-0.2, 0) is 6.42 Å². The lowest BCUT2D eigenvalue weighted by molar-refractivity contribution is 0.994. The molecule has 2 heterocycles. The largest absolute Gasteiger partial charge is 0.358 e. The molecule has 0 aliphatic carbocycles. The summed E-state index contributed by atoms with van der Waals surface area (Å²) >= 11 is 1.94. The fraction of sp³-hybridized carbons (Fsp3) is 0.182. The number of aryl methyl sites for hydroxylation is 2. The standard InChI is InChI=1S/C22H21NS/c1-3-17-13-14-20(24-17)22(16-9-5-4-6-10-16)21-15(2)23-19-12-8-7-11-18(19)21/h4-14,22-23H,3H2,1-2H3/t22-/m1/s1. The van der Waals surface area contributed by atoms with Crippen molar-refractivity contribution in [2.24, 2.45) is 0 Å². The summed E-state index contributed by atoms with van der Waals surface area (Å²) in [6.45, 7) is 4.42. The molecule has 0 radical (unpaired) electrons. The second-order valence-electron chi connectivity index (χ2n) is 6.21. The summed E-state index contributed by atoms with van der Waals surface area (Å²) in [6.07, 6.45) is 1.10. The summed E-state index contributed by atoms with van der Waals surface area (Å²) in [4.78, 5) is 6.44. The van der Waals surface area contributed by atoms with Gasteiger partial charge in [0.1, 0.15) is 0 Å². The molecule has 0 saturated heterocycles. The van der Waals surface area contributed by atoms with E-state index >= 15 is 0 Å². The van der Waals surface area contributed by atoms with E-state index in [1.165, 1.54) is 37.5 Å². The Bertz CT molecular complexity index is 962. The van der Waals surface area contributed by atoms with Crippen LogP contribution in [0.15, 0.2) is 66.7 Å². The molecule has 0 unspecified atom stereocenters. The van der Waals surface area contributed by atoms with Crippen LogP contribution in [0, 0.1) is 6.92 Å². The van der Waals surface area contributed by atoms with Gasteiger partial charge in [-0.2, -0.15) is 0 Å². The highest BCUT2D eigenvalue weighted by molar-refractivity contribution is 7.12. The number of hydrogen-bond acceptors (Lipinski definition) is 1. The van der Waals surface area contributed by atoms with Crippen LogP contribution in [0.1, 0.15) is 39.4 Å². The molecular formula is C22H21NS. The molecule has 4 rings (SSSR count). The molecule has 1 atom stereocenters. The molecule has 2 aromatic carbocycles. The second-order valence-corrected chi connectivity index (χ2v) is 7.41. The van der Waals surface area contributed by atoms with E-state index in [0.29, 0.717) is 0 Å². The zero-order chi connectivity index (χ0) is 16.5. The van der Waals surface area contributed by atoms with Crippen LogP contribution in [-0.4, -0.2) is 4.98 Å². The van der Waals surface area contributed by atoms with Gasteiger partial charge < -0.3 is 4.98 Å². The van der Waals surface area contributed by atoms with E-state index in [0.717, 1.165) is 6.42 Å². The molecule has 0 bridgehead atoms. The lowest BCUT2D eigenvalue weighted by atomic mass is 9.88. The van der Waals surface area contributed by atoms with Crippen LogP contribution in [0.5, 0.6) is 0 Å². The Hall–Kier alpha value is -2.32. The van der Waals surface area contributed by atoms with Crippen LogP contribution in [0.2, 0.25) is 0 Å². The van der Waals surface area contributed by atoms with Crippen molar-refractivity contribution in [2.45, 2.75) is 26.2 Å². The van der Waals surface area contributed by atoms with E-state index in [9.17, 15) is 0 Å². The maximum Gasteiger partial charge on any atom is 0.0459 e. The quantitative estimate of drug-likeness (QED) is 0.453. The maximum atomic E-state index is 3.57. The van der Waals surface area contributed by atoms with E-state index in [4.69, 9.17) is 0 Å². The summed E-state index contributed by atoms with van der Waals surface area (Å²) in [5.74, 6) is 0.285. The molecule has 0 fully saturated rings. The number of nitrogens with one attached hydrogen (secondary N) is 1. The van der Waals surface area contributed by atoms with Gasteiger partial charge >= 0.3 is 0 Å². The summed E-state index contributed by atoms with van der Waals surface area (Å²) in [5, 5.41) is 1.33. The summed E-state index contributed by atoms with van der Waals surface area (Å²) in [7, 11) is 0. The molecule has 1 N–H and O–H groups in total. The highest BCUT2D eigenvalue weighted by atomic mass is 32.1. The van der Waals surface area contributed by atoms with E-state index < -0.39 is 0 Å². The Morgan fingerprint density at radius 2 is 1.67 bits per heavy atom. The van der Waals surface area contributed by atoms with Crippen molar-refractivity contribution in [3.8, 4) is 0 Å². The van der Waals surface area contributed by atoms with Crippen molar-refractivity contribution < 1.29 is 0 Å². The molecule has 0 spiro atoms. The van der Waals surface area contributed by atoms with E-state index in [-0.39, 0.29) is 5.92 Å². The average Bonchev–Trinajstić information content (AvgIpc) is 3.21. The van der Waals surface area contributed by atoms with Crippen LogP contribution in [0.4, 0.5) is 0 Å². The van der Waals surface area contributed by atoms with Crippen LogP contribution in [0.25, 0.3) is 10.9 Å². The van der Waals surface area contributed by atoms with Gasteiger partial charge in [0, 0.05) is 32.3 Å². The minimum atomic E-state index is 0.285. The smallest absolute Gasteiger partial charge is 0.0459 e. The minimum absolute atomic E-state index is 0.285. The monoisotopic (exact) mass is 331 g/mol. The van der Waals surface area contributed by atoms with Crippen LogP contribution in [0.3, 0.4) is 0 Å². The molecular weight excluding hydrogens is 310 g/mol. The highest BCUT2D eigenvalue weighted by Gasteiger charge is 2.23. The summed E-state index contributed by atoms with van der Waals surface area (Å²) in [6, 6.07) is 24.1. The molecule has 2 aromatic heterocycles. The van der Waals surface area contributed by atoms with Gasteiger partial charge in [0.15, 0.2) is 0 Å². The number of aromatic amines is 1. The molecule has 0 aliphatic rings. The molecule has 24 heavy (non-hydrogen) atoms. The van der Waals surface area contributed by atoms with Gasteiger partial charge in [-0.3, -0.25) is 0 Å². The van der Waals surface area contributed by atoms with Crippen molar-refractivity contribution >= 4 is 22.2 Å². The Kier molecular flexibility index (Phi) is 3.99. The number of benzene rings is 2. The topological polar surface area (TPSA) is 15.8 Å². The van der Waals surface area contributed by atoms with Crippen molar-refractivity contribution in [1.29, 1.82) is 0 Å². The van der Waals surface area contributed by atoms with Crippen molar-refractivity contribution in [3.63, 3.8) is 0 Å². The van der Waals surface area contributed by atoms with Crippen LogP contribution < -0.4 is 0 Å². The molecule has 1 nitrogen and oxygen atoms in total. The third-order valence-corrected chi connectivity index (χ3v) is 5.97. The Morgan fingerprint density at radius 3 is 2.42 bits per heavy atom. The fourth-order valence-corrected chi connectivity index (χ4v) is 4.62. The molecule has 2 heteroatoms.